The summed E-state index contributed by atoms with van der Waals surface area (Å²) in [4.78, 5) is 14.1. The van der Waals surface area contributed by atoms with Crippen molar-refractivity contribution in [2.24, 2.45) is 0 Å². The van der Waals surface area contributed by atoms with Gasteiger partial charge in [0.05, 0.1) is 0 Å². The number of carbonyl (C=O) groups excluding carboxylic acids is 1. The van der Waals surface area contributed by atoms with Gasteiger partial charge in [0.2, 0.25) is 0 Å². The number of halogens is 1. The van der Waals surface area contributed by atoms with E-state index in [0.29, 0.717) is 5.11 Å². The van der Waals surface area contributed by atoms with Gasteiger partial charge in [0.15, 0.2) is 5.11 Å². The fourth-order valence-electron chi connectivity index (χ4n) is 2.89. The third-order valence-electron chi connectivity index (χ3n) is 3.82. The number of benzene rings is 1. The lowest BCUT2D eigenvalue weighted by atomic mass is 9.76. The Labute approximate surface area is 120 Å². The second-order valence-corrected chi connectivity index (χ2v) is 6.16. The van der Waals surface area contributed by atoms with Crippen molar-refractivity contribution in [3.8, 4) is 0 Å². The summed E-state index contributed by atoms with van der Waals surface area (Å²) in [6.07, 6.45) is 2.83. The molecule has 3 rings (SSSR count). The van der Waals surface area contributed by atoms with Crippen LogP contribution in [0.15, 0.2) is 22.7 Å². The Morgan fingerprint density at radius 2 is 2.28 bits per heavy atom. The molecule has 0 radical (unpaired) electrons. The molecule has 1 amide bonds. The molecule has 3 nitrogen and oxygen atoms in total. The molecule has 1 fully saturated rings. The van der Waals surface area contributed by atoms with E-state index < -0.39 is 5.54 Å². The van der Waals surface area contributed by atoms with Crippen LogP contribution in [0.25, 0.3) is 0 Å². The van der Waals surface area contributed by atoms with Gasteiger partial charge >= 0.3 is 0 Å². The van der Waals surface area contributed by atoms with Crippen LogP contribution in [-0.2, 0) is 16.8 Å². The molecule has 1 unspecified atom stereocenters. The van der Waals surface area contributed by atoms with Crippen LogP contribution in [0.3, 0.4) is 0 Å². The number of likely N-dealkylation sites (N-methyl/N-ethyl adjacent to an activating group) is 1. The molecule has 1 atom stereocenters. The summed E-state index contributed by atoms with van der Waals surface area (Å²) in [5.74, 6) is 0.0616. The van der Waals surface area contributed by atoms with Crippen LogP contribution in [-0.4, -0.2) is 23.0 Å². The van der Waals surface area contributed by atoms with Crippen molar-refractivity contribution in [2.45, 2.75) is 24.8 Å². The van der Waals surface area contributed by atoms with Gasteiger partial charge < -0.3 is 5.32 Å². The molecule has 0 saturated carbocycles. The molecule has 1 spiro atoms. The summed E-state index contributed by atoms with van der Waals surface area (Å²) in [7, 11) is 1.73. The first-order valence-electron chi connectivity index (χ1n) is 5.94. The Bertz CT molecular complexity index is 560. The van der Waals surface area contributed by atoms with Crippen LogP contribution in [0.2, 0.25) is 0 Å². The third kappa shape index (κ3) is 1.53. The second-order valence-electron chi connectivity index (χ2n) is 4.85. The SMILES string of the molecule is CN1C(=O)C2(CCCc3ccc(Br)cc32)NC1=S. The van der Waals surface area contributed by atoms with Crippen LogP contribution in [0.1, 0.15) is 24.0 Å². The van der Waals surface area contributed by atoms with Crippen molar-refractivity contribution < 1.29 is 4.79 Å². The van der Waals surface area contributed by atoms with E-state index in [4.69, 9.17) is 12.2 Å². The smallest absolute Gasteiger partial charge is 0.258 e. The predicted octanol–water partition coefficient (Wildman–Crippen LogP) is 2.33. The molecular formula is C13H13BrN2OS. The molecule has 1 heterocycles. The molecule has 18 heavy (non-hydrogen) atoms. The molecular weight excluding hydrogens is 312 g/mol. The maximum absolute atomic E-state index is 12.5. The predicted molar refractivity (Wildman–Crippen MR) is 77.3 cm³/mol. The van der Waals surface area contributed by atoms with E-state index in [1.807, 2.05) is 12.1 Å². The largest absolute Gasteiger partial charge is 0.344 e. The van der Waals surface area contributed by atoms with Gasteiger partial charge in [0, 0.05) is 11.5 Å². The van der Waals surface area contributed by atoms with Crippen molar-refractivity contribution >= 4 is 39.2 Å². The summed E-state index contributed by atoms with van der Waals surface area (Å²) in [6.45, 7) is 0. The van der Waals surface area contributed by atoms with Gasteiger partial charge in [-0.05, 0) is 54.7 Å². The summed E-state index contributed by atoms with van der Waals surface area (Å²) in [5, 5.41) is 3.76. The van der Waals surface area contributed by atoms with Gasteiger partial charge in [0.25, 0.3) is 5.91 Å². The number of hydrogen-bond acceptors (Lipinski definition) is 2. The maximum atomic E-state index is 12.5. The Balaban J connectivity index is 2.19. The van der Waals surface area contributed by atoms with Crippen molar-refractivity contribution in [3.63, 3.8) is 0 Å². The Morgan fingerprint density at radius 3 is 2.94 bits per heavy atom. The molecule has 5 heteroatoms. The zero-order chi connectivity index (χ0) is 12.9. The zero-order valence-electron chi connectivity index (χ0n) is 10.00. The molecule has 1 aromatic rings. The standard InChI is InChI=1S/C13H13BrN2OS/c1-16-11(17)13(15-12(16)18)6-2-3-8-4-5-9(14)7-10(8)13/h4-5,7H,2-3,6H2,1H3,(H,15,18). The van der Waals surface area contributed by atoms with Crippen molar-refractivity contribution in [3.05, 3.63) is 33.8 Å². The van der Waals surface area contributed by atoms with Gasteiger partial charge in [0.1, 0.15) is 5.54 Å². The number of aryl methyl sites for hydroxylation is 1. The Kier molecular flexibility index (Phi) is 2.71. The third-order valence-corrected chi connectivity index (χ3v) is 4.69. The number of nitrogens with zero attached hydrogens (tertiary/aromatic N) is 1. The van der Waals surface area contributed by atoms with E-state index in [2.05, 4.69) is 27.3 Å². The molecule has 1 N–H and O–H groups in total. The van der Waals surface area contributed by atoms with E-state index in [9.17, 15) is 4.79 Å². The van der Waals surface area contributed by atoms with Gasteiger partial charge in [-0.3, -0.25) is 9.69 Å². The van der Waals surface area contributed by atoms with E-state index in [0.717, 1.165) is 29.3 Å². The number of nitrogens with one attached hydrogen (secondary N) is 1. The van der Waals surface area contributed by atoms with Crippen molar-refractivity contribution in [1.29, 1.82) is 0 Å². The van der Waals surface area contributed by atoms with Gasteiger partial charge in [-0.2, -0.15) is 0 Å². The highest BCUT2D eigenvalue weighted by Gasteiger charge is 2.51. The van der Waals surface area contributed by atoms with Gasteiger partial charge in [-0.15, -0.1) is 0 Å². The summed E-state index contributed by atoms with van der Waals surface area (Å²) in [6, 6.07) is 6.16. The minimum Gasteiger partial charge on any atom is -0.344 e. The average Bonchev–Trinajstić information content (AvgIpc) is 2.56. The minimum atomic E-state index is -0.636. The Hall–Kier alpha value is -0.940. The van der Waals surface area contributed by atoms with Crippen molar-refractivity contribution in [2.75, 3.05) is 7.05 Å². The fraction of sp³-hybridized carbons (Fsp3) is 0.385. The lowest BCUT2D eigenvalue weighted by molar-refractivity contribution is -0.131. The molecule has 2 aliphatic rings. The molecule has 1 aromatic carbocycles. The zero-order valence-corrected chi connectivity index (χ0v) is 12.4. The minimum absolute atomic E-state index is 0.0616. The number of rotatable bonds is 0. The summed E-state index contributed by atoms with van der Waals surface area (Å²) in [5.41, 5.74) is 1.67. The highest BCUT2D eigenvalue weighted by molar-refractivity contribution is 9.10. The summed E-state index contributed by atoms with van der Waals surface area (Å²) < 4.78 is 0.998. The second kappa shape index (κ2) is 4.03. The monoisotopic (exact) mass is 324 g/mol. The molecule has 0 bridgehead atoms. The van der Waals surface area contributed by atoms with E-state index in [1.165, 1.54) is 5.56 Å². The highest BCUT2D eigenvalue weighted by atomic mass is 79.9. The van der Waals surface area contributed by atoms with Gasteiger partial charge in [-0.1, -0.05) is 22.0 Å². The van der Waals surface area contributed by atoms with Crippen LogP contribution < -0.4 is 5.32 Å². The van der Waals surface area contributed by atoms with Gasteiger partial charge in [-0.25, -0.2) is 0 Å². The number of carbonyl (C=O) groups is 1. The van der Waals surface area contributed by atoms with E-state index in [1.54, 1.807) is 11.9 Å². The normalized spacial score (nSPS) is 26.4. The molecule has 0 aromatic heterocycles. The molecule has 1 aliphatic heterocycles. The maximum Gasteiger partial charge on any atom is 0.258 e. The number of thiocarbonyl (C=S) groups is 1. The number of hydrogen-bond donors (Lipinski definition) is 1. The average molecular weight is 325 g/mol. The first-order valence-corrected chi connectivity index (χ1v) is 7.14. The van der Waals surface area contributed by atoms with Crippen LogP contribution in [0.5, 0.6) is 0 Å². The number of amides is 1. The Morgan fingerprint density at radius 1 is 1.50 bits per heavy atom. The van der Waals surface area contributed by atoms with Crippen LogP contribution in [0, 0.1) is 0 Å². The first-order chi connectivity index (χ1) is 8.54. The van der Waals surface area contributed by atoms with E-state index >= 15 is 0 Å². The molecule has 1 saturated heterocycles. The highest BCUT2D eigenvalue weighted by Crippen LogP contribution is 2.40. The lowest BCUT2D eigenvalue weighted by Crippen LogP contribution is -2.46. The topological polar surface area (TPSA) is 32.3 Å². The van der Waals surface area contributed by atoms with E-state index in [-0.39, 0.29) is 5.91 Å². The first kappa shape index (κ1) is 12.1. The quantitative estimate of drug-likeness (QED) is 0.743. The van der Waals surface area contributed by atoms with Crippen LogP contribution in [0.4, 0.5) is 0 Å². The van der Waals surface area contributed by atoms with Crippen molar-refractivity contribution in [1.82, 2.24) is 10.2 Å². The molecule has 94 valence electrons. The summed E-state index contributed by atoms with van der Waals surface area (Å²) >= 11 is 8.70. The fourth-order valence-corrected chi connectivity index (χ4v) is 3.51. The van der Waals surface area contributed by atoms with Crippen LogP contribution >= 0.6 is 28.1 Å². The lowest BCUT2D eigenvalue weighted by Gasteiger charge is -2.33. The number of fused-ring (bicyclic) bond motifs is 2. The molecule has 1 aliphatic carbocycles.